The maximum atomic E-state index is 5.34. The molecule has 1 heterocycles. The Morgan fingerprint density at radius 2 is 2.18 bits per heavy atom. The Morgan fingerprint density at radius 3 is 2.82 bits per heavy atom. The Hall–Kier alpha value is -1.06. The van der Waals surface area contributed by atoms with Gasteiger partial charge in [-0.1, -0.05) is 12.1 Å². The first-order chi connectivity index (χ1) is 8.38. The average Bonchev–Trinajstić information content (AvgIpc) is 2.88. The molecule has 17 heavy (non-hydrogen) atoms. The molecule has 3 nitrogen and oxygen atoms in total. The van der Waals surface area contributed by atoms with E-state index in [1.165, 1.54) is 12.0 Å². The molecule has 1 atom stereocenters. The van der Waals surface area contributed by atoms with E-state index in [4.69, 9.17) is 9.47 Å². The van der Waals surface area contributed by atoms with Crippen molar-refractivity contribution >= 4 is 0 Å². The van der Waals surface area contributed by atoms with Crippen LogP contribution in [-0.4, -0.2) is 33.4 Å². The van der Waals surface area contributed by atoms with Crippen LogP contribution in [0.5, 0.6) is 5.75 Å². The highest BCUT2D eigenvalue weighted by atomic mass is 16.5. The van der Waals surface area contributed by atoms with Crippen LogP contribution in [0.2, 0.25) is 0 Å². The molecule has 1 N–H and O–H groups in total. The van der Waals surface area contributed by atoms with E-state index in [1.807, 2.05) is 12.1 Å². The predicted molar refractivity (Wildman–Crippen MR) is 68.5 cm³/mol. The summed E-state index contributed by atoms with van der Waals surface area (Å²) in [6.45, 7) is 3.97. The van der Waals surface area contributed by atoms with E-state index in [0.29, 0.717) is 5.92 Å². The van der Waals surface area contributed by atoms with Crippen LogP contribution >= 0.6 is 0 Å². The van der Waals surface area contributed by atoms with E-state index < -0.39 is 0 Å². The molecule has 1 aromatic rings. The van der Waals surface area contributed by atoms with Crippen molar-refractivity contribution in [2.24, 2.45) is 5.92 Å². The lowest BCUT2D eigenvalue weighted by atomic mass is 10.1. The molecule has 0 amide bonds. The molecule has 0 aliphatic carbocycles. The van der Waals surface area contributed by atoms with E-state index in [0.717, 1.165) is 38.5 Å². The fourth-order valence-electron chi connectivity index (χ4n) is 2.08. The first kappa shape index (κ1) is 12.4. The summed E-state index contributed by atoms with van der Waals surface area (Å²) in [6, 6.07) is 8.28. The largest absolute Gasteiger partial charge is 0.497 e. The Balaban J connectivity index is 1.63. The summed E-state index contributed by atoms with van der Waals surface area (Å²) in [5.74, 6) is 1.63. The van der Waals surface area contributed by atoms with Crippen molar-refractivity contribution in [3.05, 3.63) is 29.8 Å². The van der Waals surface area contributed by atoms with Crippen LogP contribution in [-0.2, 0) is 11.2 Å². The monoisotopic (exact) mass is 235 g/mol. The second-order valence-electron chi connectivity index (χ2n) is 4.53. The maximum Gasteiger partial charge on any atom is 0.118 e. The zero-order valence-corrected chi connectivity index (χ0v) is 10.4. The number of rotatable bonds is 6. The van der Waals surface area contributed by atoms with Gasteiger partial charge in [-0.05, 0) is 43.0 Å². The highest BCUT2D eigenvalue weighted by molar-refractivity contribution is 5.27. The molecule has 2 rings (SSSR count). The van der Waals surface area contributed by atoms with Crippen LogP contribution in [0, 0.1) is 5.92 Å². The molecule has 1 fully saturated rings. The van der Waals surface area contributed by atoms with Crippen LogP contribution < -0.4 is 10.1 Å². The van der Waals surface area contributed by atoms with Gasteiger partial charge < -0.3 is 14.8 Å². The quantitative estimate of drug-likeness (QED) is 0.763. The summed E-state index contributed by atoms with van der Waals surface area (Å²) in [7, 11) is 1.69. The third-order valence-electron chi connectivity index (χ3n) is 3.21. The third kappa shape index (κ3) is 4.02. The van der Waals surface area contributed by atoms with Crippen LogP contribution in [0.1, 0.15) is 12.0 Å². The van der Waals surface area contributed by atoms with Gasteiger partial charge in [0, 0.05) is 13.2 Å². The fraction of sp³-hybridized carbons (Fsp3) is 0.571. The molecule has 0 saturated carbocycles. The van der Waals surface area contributed by atoms with Crippen LogP contribution in [0.15, 0.2) is 24.3 Å². The van der Waals surface area contributed by atoms with Crippen LogP contribution in [0.25, 0.3) is 0 Å². The van der Waals surface area contributed by atoms with Gasteiger partial charge in [-0.3, -0.25) is 0 Å². The molecule has 0 bridgehead atoms. The van der Waals surface area contributed by atoms with Crippen molar-refractivity contribution < 1.29 is 9.47 Å². The second-order valence-corrected chi connectivity index (χ2v) is 4.53. The van der Waals surface area contributed by atoms with Gasteiger partial charge in [-0.15, -0.1) is 0 Å². The van der Waals surface area contributed by atoms with Gasteiger partial charge in [-0.25, -0.2) is 0 Å². The second kappa shape index (κ2) is 6.62. The molecule has 3 heteroatoms. The van der Waals surface area contributed by atoms with Gasteiger partial charge >= 0.3 is 0 Å². The number of ether oxygens (including phenoxy) is 2. The predicted octanol–water partition coefficient (Wildman–Crippen LogP) is 1.86. The lowest BCUT2D eigenvalue weighted by Crippen LogP contribution is -2.25. The Morgan fingerprint density at radius 1 is 1.35 bits per heavy atom. The molecule has 0 spiro atoms. The highest BCUT2D eigenvalue weighted by Gasteiger charge is 2.14. The Kier molecular flexibility index (Phi) is 4.83. The SMILES string of the molecule is COc1ccc(CCNCC2CCOC2)cc1. The average molecular weight is 235 g/mol. The molecular weight excluding hydrogens is 214 g/mol. The van der Waals surface area contributed by atoms with Crippen molar-refractivity contribution in [2.75, 3.05) is 33.4 Å². The normalized spacial score (nSPS) is 19.5. The lowest BCUT2D eigenvalue weighted by Gasteiger charge is -2.09. The van der Waals surface area contributed by atoms with E-state index in [2.05, 4.69) is 17.4 Å². The van der Waals surface area contributed by atoms with Crippen molar-refractivity contribution in [3.8, 4) is 5.75 Å². The van der Waals surface area contributed by atoms with E-state index in [-0.39, 0.29) is 0 Å². The number of methoxy groups -OCH3 is 1. The molecular formula is C14H21NO2. The zero-order valence-electron chi connectivity index (χ0n) is 10.4. The summed E-state index contributed by atoms with van der Waals surface area (Å²) in [6.07, 6.45) is 2.27. The number of nitrogens with one attached hydrogen (secondary N) is 1. The standard InChI is InChI=1S/C14H21NO2/c1-16-14-4-2-12(3-5-14)6-8-15-10-13-7-9-17-11-13/h2-5,13,15H,6-11H2,1H3. The molecule has 94 valence electrons. The first-order valence-electron chi connectivity index (χ1n) is 6.30. The topological polar surface area (TPSA) is 30.5 Å². The summed E-state index contributed by atoms with van der Waals surface area (Å²) in [5.41, 5.74) is 1.35. The number of hydrogen-bond donors (Lipinski definition) is 1. The van der Waals surface area contributed by atoms with Gasteiger partial charge in [0.1, 0.15) is 5.75 Å². The van der Waals surface area contributed by atoms with Gasteiger partial charge in [0.2, 0.25) is 0 Å². The summed E-state index contributed by atoms with van der Waals surface area (Å²) < 4.78 is 10.5. The lowest BCUT2D eigenvalue weighted by molar-refractivity contribution is 0.185. The van der Waals surface area contributed by atoms with E-state index in [1.54, 1.807) is 7.11 Å². The Bertz CT molecular complexity index is 317. The summed E-state index contributed by atoms with van der Waals surface area (Å²) >= 11 is 0. The van der Waals surface area contributed by atoms with Gasteiger partial charge in [0.25, 0.3) is 0 Å². The van der Waals surface area contributed by atoms with Crippen LogP contribution in [0.4, 0.5) is 0 Å². The van der Waals surface area contributed by atoms with Crippen LogP contribution in [0.3, 0.4) is 0 Å². The van der Waals surface area contributed by atoms with Gasteiger partial charge in [0.15, 0.2) is 0 Å². The smallest absolute Gasteiger partial charge is 0.118 e. The van der Waals surface area contributed by atoms with Crippen molar-refractivity contribution in [1.82, 2.24) is 5.32 Å². The molecule has 1 aromatic carbocycles. The van der Waals surface area contributed by atoms with E-state index >= 15 is 0 Å². The molecule has 1 aliphatic rings. The van der Waals surface area contributed by atoms with Crippen molar-refractivity contribution in [2.45, 2.75) is 12.8 Å². The third-order valence-corrected chi connectivity index (χ3v) is 3.21. The fourth-order valence-corrected chi connectivity index (χ4v) is 2.08. The minimum atomic E-state index is 0.714. The number of hydrogen-bond acceptors (Lipinski definition) is 3. The van der Waals surface area contributed by atoms with E-state index in [9.17, 15) is 0 Å². The Labute approximate surface area is 103 Å². The molecule has 1 aliphatic heterocycles. The molecule has 1 unspecified atom stereocenters. The van der Waals surface area contributed by atoms with Gasteiger partial charge in [-0.2, -0.15) is 0 Å². The minimum absolute atomic E-state index is 0.714. The first-order valence-corrected chi connectivity index (χ1v) is 6.30. The van der Waals surface area contributed by atoms with Gasteiger partial charge in [0.05, 0.1) is 13.7 Å². The summed E-state index contributed by atoms with van der Waals surface area (Å²) in [5, 5.41) is 3.49. The molecule has 0 aromatic heterocycles. The molecule has 1 saturated heterocycles. The van der Waals surface area contributed by atoms with Crippen molar-refractivity contribution in [3.63, 3.8) is 0 Å². The highest BCUT2D eigenvalue weighted by Crippen LogP contribution is 2.12. The maximum absolute atomic E-state index is 5.34. The van der Waals surface area contributed by atoms with Crippen molar-refractivity contribution in [1.29, 1.82) is 0 Å². The summed E-state index contributed by atoms with van der Waals surface area (Å²) in [4.78, 5) is 0. The molecule has 0 radical (unpaired) electrons. The number of benzene rings is 1. The zero-order chi connectivity index (χ0) is 11.9. The minimum Gasteiger partial charge on any atom is -0.497 e.